The van der Waals surface area contributed by atoms with Gasteiger partial charge in [-0.05, 0) is 31.0 Å². The number of hydrogen-bond donors (Lipinski definition) is 1. The summed E-state index contributed by atoms with van der Waals surface area (Å²) < 4.78 is 1.44. The Hall–Kier alpha value is -2.95. The SMILES string of the molecule is CCCCCCn1nc(C(=O)Nc2ccccc2C)c2ccccc2c1=O. The molecule has 5 heteroatoms. The number of benzene rings is 2. The van der Waals surface area contributed by atoms with E-state index in [1.807, 2.05) is 43.3 Å². The maximum atomic E-state index is 12.9. The van der Waals surface area contributed by atoms with Gasteiger partial charge in [-0.2, -0.15) is 5.10 Å². The number of fused-ring (bicyclic) bond motifs is 1. The van der Waals surface area contributed by atoms with Gasteiger partial charge in [0.1, 0.15) is 0 Å². The first-order chi connectivity index (χ1) is 13.1. The highest BCUT2D eigenvalue weighted by Crippen LogP contribution is 2.18. The van der Waals surface area contributed by atoms with Crippen LogP contribution in [0.4, 0.5) is 5.69 Å². The molecule has 0 spiro atoms. The van der Waals surface area contributed by atoms with E-state index in [1.165, 1.54) is 4.68 Å². The fourth-order valence-corrected chi connectivity index (χ4v) is 3.14. The lowest BCUT2D eigenvalue weighted by atomic mass is 10.1. The van der Waals surface area contributed by atoms with E-state index in [1.54, 1.807) is 12.1 Å². The molecule has 140 valence electrons. The smallest absolute Gasteiger partial charge is 0.276 e. The van der Waals surface area contributed by atoms with Gasteiger partial charge in [0.15, 0.2) is 5.69 Å². The summed E-state index contributed by atoms with van der Waals surface area (Å²) in [5, 5.41) is 8.45. The number of nitrogens with zero attached hydrogens (tertiary/aromatic N) is 2. The van der Waals surface area contributed by atoms with Crippen molar-refractivity contribution in [2.45, 2.75) is 46.1 Å². The highest BCUT2D eigenvalue weighted by molar-refractivity contribution is 6.11. The van der Waals surface area contributed by atoms with Crippen molar-refractivity contribution in [2.75, 3.05) is 5.32 Å². The highest BCUT2D eigenvalue weighted by Gasteiger charge is 2.17. The molecule has 0 aliphatic heterocycles. The van der Waals surface area contributed by atoms with Gasteiger partial charge >= 0.3 is 0 Å². The van der Waals surface area contributed by atoms with Gasteiger partial charge in [0, 0.05) is 17.6 Å². The van der Waals surface area contributed by atoms with Gasteiger partial charge in [0.25, 0.3) is 11.5 Å². The number of rotatable bonds is 7. The lowest BCUT2D eigenvalue weighted by molar-refractivity contribution is 0.102. The van der Waals surface area contributed by atoms with Crippen LogP contribution < -0.4 is 10.9 Å². The number of amides is 1. The van der Waals surface area contributed by atoms with E-state index >= 15 is 0 Å². The van der Waals surface area contributed by atoms with E-state index in [0.29, 0.717) is 17.3 Å². The lowest BCUT2D eigenvalue weighted by Gasteiger charge is -2.12. The summed E-state index contributed by atoms with van der Waals surface area (Å²) in [4.78, 5) is 25.7. The minimum atomic E-state index is -0.303. The quantitative estimate of drug-likeness (QED) is 0.627. The van der Waals surface area contributed by atoms with Crippen molar-refractivity contribution >= 4 is 22.4 Å². The van der Waals surface area contributed by atoms with Crippen LogP contribution in [0.15, 0.2) is 53.3 Å². The Morgan fingerprint density at radius 1 is 1.00 bits per heavy atom. The molecular weight excluding hydrogens is 338 g/mol. The summed E-state index contributed by atoms with van der Waals surface area (Å²) in [6.45, 7) is 4.61. The van der Waals surface area contributed by atoms with Crippen molar-refractivity contribution in [3.63, 3.8) is 0 Å². The first-order valence-electron chi connectivity index (χ1n) is 9.48. The zero-order valence-electron chi connectivity index (χ0n) is 15.9. The number of aromatic nitrogens is 2. The third kappa shape index (κ3) is 4.25. The van der Waals surface area contributed by atoms with Crippen LogP contribution in [0.1, 0.15) is 48.7 Å². The molecule has 0 aliphatic carbocycles. The predicted octanol–water partition coefficient (Wildman–Crippen LogP) is 4.54. The molecule has 0 aliphatic rings. The molecule has 1 heterocycles. The molecule has 3 rings (SSSR count). The second-order valence-electron chi connectivity index (χ2n) is 6.75. The van der Waals surface area contributed by atoms with Crippen LogP contribution in [-0.2, 0) is 6.54 Å². The number of anilines is 1. The van der Waals surface area contributed by atoms with Crippen molar-refractivity contribution in [3.05, 3.63) is 70.1 Å². The van der Waals surface area contributed by atoms with E-state index in [2.05, 4.69) is 17.3 Å². The van der Waals surface area contributed by atoms with Gasteiger partial charge in [-0.1, -0.05) is 62.6 Å². The Morgan fingerprint density at radius 2 is 1.70 bits per heavy atom. The largest absolute Gasteiger partial charge is 0.320 e. The lowest BCUT2D eigenvalue weighted by Crippen LogP contribution is -2.28. The highest BCUT2D eigenvalue weighted by atomic mass is 16.2. The average molecular weight is 363 g/mol. The molecule has 3 aromatic rings. The normalized spacial score (nSPS) is 10.9. The molecule has 0 saturated heterocycles. The van der Waals surface area contributed by atoms with Gasteiger partial charge in [-0.15, -0.1) is 0 Å². The van der Waals surface area contributed by atoms with Crippen molar-refractivity contribution < 1.29 is 4.79 Å². The molecule has 2 aromatic carbocycles. The standard InChI is InChI=1S/C22H25N3O2/c1-3-4-5-10-15-25-22(27)18-13-8-7-12-17(18)20(24-25)21(26)23-19-14-9-6-11-16(19)2/h6-9,11-14H,3-5,10,15H2,1-2H3,(H,23,26). The van der Waals surface area contributed by atoms with E-state index in [-0.39, 0.29) is 17.2 Å². The summed E-state index contributed by atoms with van der Waals surface area (Å²) in [6.07, 6.45) is 4.17. The van der Waals surface area contributed by atoms with Gasteiger partial charge in [-0.3, -0.25) is 9.59 Å². The van der Waals surface area contributed by atoms with Gasteiger partial charge in [-0.25, -0.2) is 4.68 Å². The number of nitrogens with one attached hydrogen (secondary N) is 1. The maximum Gasteiger partial charge on any atom is 0.276 e. The van der Waals surface area contributed by atoms with E-state index in [0.717, 1.165) is 36.9 Å². The summed E-state index contributed by atoms with van der Waals surface area (Å²) in [6, 6.07) is 14.8. The van der Waals surface area contributed by atoms with Crippen LogP contribution in [-0.4, -0.2) is 15.7 Å². The first kappa shape index (κ1) is 18.8. The molecule has 0 unspecified atom stereocenters. The summed E-state index contributed by atoms with van der Waals surface area (Å²) in [7, 11) is 0. The zero-order valence-corrected chi connectivity index (χ0v) is 15.9. The van der Waals surface area contributed by atoms with Gasteiger partial charge in [0.2, 0.25) is 0 Å². The predicted molar refractivity (Wildman–Crippen MR) is 109 cm³/mol. The third-order valence-electron chi connectivity index (χ3n) is 4.70. The minimum Gasteiger partial charge on any atom is -0.320 e. The van der Waals surface area contributed by atoms with Crippen LogP contribution in [0, 0.1) is 6.92 Å². The first-order valence-corrected chi connectivity index (χ1v) is 9.48. The monoisotopic (exact) mass is 363 g/mol. The summed E-state index contributed by atoms with van der Waals surface area (Å²) in [5.41, 5.74) is 1.86. The molecule has 0 atom stereocenters. The molecule has 1 amide bonds. The number of carbonyl (C=O) groups excluding carboxylic acids is 1. The van der Waals surface area contributed by atoms with Gasteiger partial charge < -0.3 is 5.32 Å². The average Bonchev–Trinajstić information content (AvgIpc) is 2.68. The molecule has 0 fully saturated rings. The van der Waals surface area contributed by atoms with Crippen LogP contribution in [0.2, 0.25) is 0 Å². The fourth-order valence-electron chi connectivity index (χ4n) is 3.14. The van der Waals surface area contributed by atoms with E-state index in [4.69, 9.17) is 0 Å². The Morgan fingerprint density at radius 3 is 2.44 bits per heavy atom. The Balaban J connectivity index is 1.98. The van der Waals surface area contributed by atoms with Crippen molar-refractivity contribution in [3.8, 4) is 0 Å². The number of hydrogen-bond acceptors (Lipinski definition) is 3. The number of carbonyl (C=O) groups is 1. The fraction of sp³-hybridized carbons (Fsp3) is 0.318. The zero-order chi connectivity index (χ0) is 19.2. The molecule has 5 nitrogen and oxygen atoms in total. The number of para-hydroxylation sites is 1. The van der Waals surface area contributed by atoms with Crippen molar-refractivity contribution in [1.82, 2.24) is 9.78 Å². The Bertz CT molecular complexity index is 1010. The topological polar surface area (TPSA) is 64.0 Å². The summed E-state index contributed by atoms with van der Waals surface area (Å²) >= 11 is 0. The molecular formula is C22H25N3O2. The Labute approximate surface area is 159 Å². The number of unbranched alkanes of at least 4 members (excludes halogenated alkanes) is 3. The van der Waals surface area contributed by atoms with Crippen LogP contribution in [0.25, 0.3) is 10.8 Å². The maximum absolute atomic E-state index is 12.9. The second kappa shape index (κ2) is 8.62. The second-order valence-corrected chi connectivity index (χ2v) is 6.75. The minimum absolute atomic E-state index is 0.144. The summed E-state index contributed by atoms with van der Waals surface area (Å²) in [5.74, 6) is -0.303. The molecule has 1 N–H and O–H groups in total. The third-order valence-corrected chi connectivity index (χ3v) is 4.70. The Kier molecular flexibility index (Phi) is 6.01. The molecule has 1 aromatic heterocycles. The van der Waals surface area contributed by atoms with Crippen molar-refractivity contribution in [2.24, 2.45) is 0 Å². The van der Waals surface area contributed by atoms with E-state index in [9.17, 15) is 9.59 Å². The number of aryl methyl sites for hydroxylation is 2. The van der Waals surface area contributed by atoms with Crippen LogP contribution in [0.5, 0.6) is 0 Å². The van der Waals surface area contributed by atoms with E-state index < -0.39 is 0 Å². The molecule has 0 saturated carbocycles. The van der Waals surface area contributed by atoms with Crippen LogP contribution >= 0.6 is 0 Å². The van der Waals surface area contributed by atoms with Gasteiger partial charge in [0.05, 0.1) is 5.39 Å². The molecule has 0 bridgehead atoms. The molecule has 0 radical (unpaired) electrons. The van der Waals surface area contributed by atoms with Crippen molar-refractivity contribution in [1.29, 1.82) is 0 Å². The van der Waals surface area contributed by atoms with Crippen LogP contribution in [0.3, 0.4) is 0 Å². The molecule has 27 heavy (non-hydrogen) atoms.